The molecule has 1 heterocycles. The van der Waals surface area contributed by atoms with Crippen molar-refractivity contribution >= 4 is 5.96 Å². The number of hydrogen-bond acceptors (Lipinski definition) is 3. The molecule has 1 aromatic heterocycles. The normalized spacial score (nSPS) is 11.6. The van der Waals surface area contributed by atoms with E-state index in [0.29, 0.717) is 6.61 Å². The second-order valence-corrected chi connectivity index (χ2v) is 5.05. The van der Waals surface area contributed by atoms with E-state index in [1.807, 2.05) is 12.1 Å². The average molecular weight is 295 g/mol. The zero-order chi connectivity index (χ0) is 15.2. The second kappa shape index (κ2) is 12.3. The van der Waals surface area contributed by atoms with Gasteiger partial charge in [0.05, 0.1) is 6.26 Å². The van der Waals surface area contributed by atoms with Crippen LogP contribution < -0.4 is 10.6 Å². The van der Waals surface area contributed by atoms with Crippen molar-refractivity contribution in [1.29, 1.82) is 0 Å². The molecule has 21 heavy (non-hydrogen) atoms. The van der Waals surface area contributed by atoms with Gasteiger partial charge in [0.15, 0.2) is 5.96 Å². The van der Waals surface area contributed by atoms with E-state index in [-0.39, 0.29) is 0 Å². The molecule has 3 N–H and O–H groups in total. The van der Waals surface area contributed by atoms with Crippen molar-refractivity contribution in [3.05, 3.63) is 24.2 Å². The molecule has 0 unspecified atom stereocenters. The molecule has 0 aliphatic carbocycles. The van der Waals surface area contributed by atoms with Gasteiger partial charge in [0.2, 0.25) is 0 Å². The summed E-state index contributed by atoms with van der Waals surface area (Å²) < 4.78 is 5.31. The van der Waals surface area contributed by atoms with Crippen molar-refractivity contribution in [2.75, 3.05) is 26.2 Å². The number of unbranched alkanes of at least 4 members (excludes halogenated alkanes) is 3. The summed E-state index contributed by atoms with van der Waals surface area (Å²) in [6.07, 6.45) is 7.83. The minimum atomic E-state index is 0.297. The fraction of sp³-hybridized carbons (Fsp3) is 0.688. The number of nitrogens with zero attached hydrogens (tertiary/aromatic N) is 1. The lowest BCUT2D eigenvalue weighted by molar-refractivity contribution is 0.282. The van der Waals surface area contributed by atoms with Gasteiger partial charge in [-0.1, -0.05) is 19.8 Å². The number of guanidine groups is 1. The van der Waals surface area contributed by atoms with Gasteiger partial charge in [-0.2, -0.15) is 0 Å². The molecular formula is C16H29N3O2. The lowest BCUT2D eigenvalue weighted by Gasteiger charge is -2.12. The van der Waals surface area contributed by atoms with Crippen molar-refractivity contribution in [3.8, 4) is 0 Å². The topological polar surface area (TPSA) is 69.8 Å². The van der Waals surface area contributed by atoms with E-state index in [9.17, 15) is 0 Å². The van der Waals surface area contributed by atoms with Gasteiger partial charge < -0.3 is 20.2 Å². The second-order valence-electron chi connectivity index (χ2n) is 5.05. The summed E-state index contributed by atoms with van der Waals surface area (Å²) in [4.78, 5) is 4.52. The zero-order valence-corrected chi connectivity index (χ0v) is 13.1. The van der Waals surface area contributed by atoms with E-state index >= 15 is 0 Å². The van der Waals surface area contributed by atoms with Gasteiger partial charge in [0.25, 0.3) is 0 Å². The summed E-state index contributed by atoms with van der Waals surface area (Å²) >= 11 is 0. The molecule has 1 rings (SSSR count). The molecule has 0 fully saturated rings. The molecule has 120 valence electrons. The number of hydrogen-bond donors (Lipinski definition) is 3. The minimum absolute atomic E-state index is 0.297. The van der Waals surface area contributed by atoms with Gasteiger partial charge in [-0.25, -0.2) is 0 Å². The summed E-state index contributed by atoms with van der Waals surface area (Å²) in [6.45, 7) is 4.99. The molecule has 1 aromatic rings. The fourth-order valence-electron chi connectivity index (χ4n) is 1.95. The van der Waals surface area contributed by atoms with Crippen LogP contribution in [0.2, 0.25) is 0 Å². The van der Waals surface area contributed by atoms with Crippen LogP contribution in [-0.2, 0) is 6.42 Å². The maximum atomic E-state index is 8.73. The predicted octanol–water partition coefficient (Wildman–Crippen LogP) is 2.32. The van der Waals surface area contributed by atoms with E-state index in [0.717, 1.165) is 69.9 Å². The SMILES string of the molecule is CCCN=C(NCCCCCCO)NCCc1ccco1. The quantitative estimate of drug-likeness (QED) is 0.333. The first-order valence-electron chi connectivity index (χ1n) is 8.02. The van der Waals surface area contributed by atoms with Gasteiger partial charge >= 0.3 is 0 Å². The maximum Gasteiger partial charge on any atom is 0.191 e. The van der Waals surface area contributed by atoms with Crippen LogP contribution in [0.1, 0.15) is 44.8 Å². The van der Waals surface area contributed by atoms with Crippen molar-refractivity contribution < 1.29 is 9.52 Å². The summed E-state index contributed by atoms with van der Waals surface area (Å²) in [7, 11) is 0. The highest BCUT2D eigenvalue weighted by molar-refractivity contribution is 5.79. The van der Waals surface area contributed by atoms with Gasteiger partial charge in [0, 0.05) is 32.7 Å². The number of aliphatic imine (C=N–C) groups is 1. The Morgan fingerprint density at radius 3 is 2.71 bits per heavy atom. The molecule has 5 nitrogen and oxygen atoms in total. The molecule has 0 aromatic carbocycles. The Morgan fingerprint density at radius 1 is 1.19 bits per heavy atom. The number of aliphatic hydroxyl groups excluding tert-OH is 1. The van der Waals surface area contributed by atoms with Crippen LogP contribution in [0.4, 0.5) is 0 Å². The molecular weight excluding hydrogens is 266 g/mol. The Morgan fingerprint density at radius 2 is 2.00 bits per heavy atom. The Balaban J connectivity index is 2.17. The van der Waals surface area contributed by atoms with Crippen molar-refractivity contribution in [1.82, 2.24) is 10.6 Å². The van der Waals surface area contributed by atoms with Crippen LogP contribution in [0, 0.1) is 0 Å². The molecule has 0 saturated carbocycles. The van der Waals surface area contributed by atoms with Crippen LogP contribution >= 0.6 is 0 Å². The third kappa shape index (κ3) is 9.13. The Labute approximate surface area is 127 Å². The Hall–Kier alpha value is -1.49. The van der Waals surface area contributed by atoms with Gasteiger partial charge in [0.1, 0.15) is 5.76 Å². The number of rotatable bonds is 11. The lowest BCUT2D eigenvalue weighted by atomic mass is 10.2. The Kier molecular flexibility index (Phi) is 10.3. The molecule has 0 aliphatic rings. The van der Waals surface area contributed by atoms with E-state index in [4.69, 9.17) is 9.52 Å². The van der Waals surface area contributed by atoms with E-state index < -0.39 is 0 Å². The standard InChI is InChI=1S/C16H29N3O2/c1-2-10-17-16(18-11-5-3-4-6-13-20)19-12-9-15-8-7-14-21-15/h7-8,14,20H,2-6,9-13H2,1H3,(H2,17,18,19). The summed E-state index contributed by atoms with van der Waals surface area (Å²) in [6, 6.07) is 3.89. The van der Waals surface area contributed by atoms with Crippen LogP contribution in [0.3, 0.4) is 0 Å². The highest BCUT2D eigenvalue weighted by Crippen LogP contribution is 2.00. The zero-order valence-electron chi connectivity index (χ0n) is 13.1. The van der Waals surface area contributed by atoms with Gasteiger partial charge in [-0.3, -0.25) is 4.99 Å². The van der Waals surface area contributed by atoms with Crippen LogP contribution in [0.5, 0.6) is 0 Å². The van der Waals surface area contributed by atoms with Crippen molar-refractivity contribution in [2.24, 2.45) is 4.99 Å². The summed E-state index contributed by atoms with van der Waals surface area (Å²) in [5.41, 5.74) is 0. The van der Waals surface area contributed by atoms with Crippen LogP contribution in [0.25, 0.3) is 0 Å². The van der Waals surface area contributed by atoms with E-state index in [1.54, 1.807) is 6.26 Å². The maximum absolute atomic E-state index is 8.73. The highest BCUT2D eigenvalue weighted by atomic mass is 16.3. The smallest absolute Gasteiger partial charge is 0.191 e. The number of aliphatic hydroxyl groups is 1. The average Bonchev–Trinajstić information content (AvgIpc) is 3.01. The fourth-order valence-corrected chi connectivity index (χ4v) is 1.95. The Bertz CT molecular complexity index is 364. The molecule has 0 spiro atoms. The van der Waals surface area contributed by atoms with Crippen LogP contribution in [0.15, 0.2) is 27.8 Å². The highest BCUT2D eigenvalue weighted by Gasteiger charge is 2.00. The molecule has 0 amide bonds. The molecule has 5 heteroatoms. The van der Waals surface area contributed by atoms with Crippen molar-refractivity contribution in [3.63, 3.8) is 0 Å². The van der Waals surface area contributed by atoms with Gasteiger partial charge in [-0.15, -0.1) is 0 Å². The molecule has 0 aliphatic heterocycles. The number of nitrogens with one attached hydrogen (secondary N) is 2. The predicted molar refractivity (Wildman–Crippen MR) is 86.6 cm³/mol. The van der Waals surface area contributed by atoms with Crippen LogP contribution in [-0.4, -0.2) is 37.3 Å². The third-order valence-corrected chi connectivity index (χ3v) is 3.11. The van der Waals surface area contributed by atoms with Gasteiger partial charge in [-0.05, 0) is 31.4 Å². The first-order chi connectivity index (χ1) is 10.4. The first-order valence-corrected chi connectivity index (χ1v) is 8.02. The monoisotopic (exact) mass is 295 g/mol. The van der Waals surface area contributed by atoms with E-state index in [1.165, 1.54) is 0 Å². The molecule has 0 saturated heterocycles. The van der Waals surface area contributed by atoms with Crippen molar-refractivity contribution in [2.45, 2.75) is 45.4 Å². The van der Waals surface area contributed by atoms with E-state index in [2.05, 4.69) is 22.5 Å². The molecule has 0 atom stereocenters. The minimum Gasteiger partial charge on any atom is -0.469 e. The lowest BCUT2D eigenvalue weighted by Crippen LogP contribution is -2.39. The largest absolute Gasteiger partial charge is 0.469 e. The summed E-state index contributed by atoms with van der Waals surface area (Å²) in [5.74, 6) is 1.87. The summed E-state index contributed by atoms with van der Waals surface area (Å²) in [5, 5.41) is 15.4. The first kappa shape index (κ1) is 17.6. The number of furan rings is 1. The molecule has 0 radical (unpaired) electrons. The molecule has 0 bridgehead atoms. The third-order valence-electron chi connectivity index (χ3n) is 3.11.